The number of nitrogens with zero attached hydrogens (tertiary/aromatic N) is 2. The first-order valence-corrected chi connectivity index (χ1v) is 7.34. The Hall–Kier alpha value is -3.41. The minimum atomic E-state index is -1.11. The van der Waals surface area contributed by atoms with E-state index in [-0.39, 0.29) is 0 Å². The van der Waals surface area contributed by atoms with Crippen molar-refractivity contribution >= 4 is 11.9 Å². The van der Waals surface area contributed by atoms with Gasteiger partial charge in [-0.25, -0.2) is 9.48 Å². The standard InChI is InChI=1S/C18H15N3O3/c22-17(20-16(18(23)24)13-5-2-1-3-6-13)14-7-9-15(10-8-14)21-12-4-11-19-21/h1-12,16H,(H,20,22)(H,23,24)/t16-/m1/s1. The Labute approximate surface area is 138 Å². The maximum absolute atomic E-state index is 12.3. The summed E-state index contributed by atoms with van der Waals surface area (Å²) in [5.41, 5.74) is 1.72. The first kappa shape index (κ1) is 15.5. The highest BCUT2D eigenvalue weighted by Crippen LogP contribution is 2.15. The smallest absolute Gasteiger partial charge is 0.330 e. The van der Waals surface area contributed by atoms with Crippen LogP contribution in [0.2, 0.25) is 0 Å². The molecule has 2 aromatic carbocycles. The van der Waals surface area contributed by atoms with Crippen molar-refractivity contribution in [3.05, 3.63) is 84.2 Å². The maximum Gasteiger partial charge on any atom is 0.330 e. The van der Waals surface area contributed by atoms with Gasteiger partial charge in [-0.3, -0.25) is 4.79 Å². The van der Waals surface area contributed by atoms with E-state index in [0.29, 0.717) is 11.1 Å². The molecule has 0 saturated carbocycles. The highest BCUT2D eigenvalue weighted by atomic mass is 16.4. The fourth-order valence-corrected chi connectivity index (χ4v) is 2.33. The van der Waals surface area contributed by atoms with Crippen molar-refractivity contribution in [2.24, 2.45) is 0 Å². The predicted molar refractivity (Wildman–Crippen MR) is 87.8 cm³/mol. The Bertz CT molecular complexity index is 828. The van der Waals surface area contributed by atoms with E-state index in [1.54, 1.807) is 77.7 Å². The number of nitrogens with one attached hydrogen (secondary N) is 1. The Balaban J connectivity index is 1.77. The molecule has 3 aromatic rings. The summed E-state index contributed by atoms with van der Waals surface area (Å²) < 4.78 is 1.67. The molecule has 2 N–H and O–H groups in total. The highest BCUT2D eigenvalue weighted by Gasteiger charge is 2.22. The van der Waals surface area contributed by atoms with Crippen molar-refractivity contribution in [1.82, 2.24) is 15.1 Å². The molecule has 1 aromatic heterocycles. The van der Waals surface area contributed by atoms with Gasteiger partial charge in [0.25, 0.3) is 5.91 Å². The van der Waals surface area contributed by atoms with E-state index in [1.165, 1.54) is 0 Å². The monoisotopic (exact) mass is 321 g/mol. The lowest BCUT2D eigenvalue weighted by atomic mass is 10.1. The van der Waals surface area contributed by atoms with Crippen LogP contribution in [0, 0.1) is 0 Å². The Morgan fingerprint density at radius 2 is 1.71 bits per heavy atom. The summed E-state index contributed by atoms with van der Waals surface area (Å²) >= 11 is 0. The van der Waals surface area contributed by atoms with Gasteiger partial charge in [-0.1, -0.05) is 30.3 Å². The van der Waals surface area contributed by atoms with E-state index in [2.05, 4.69) is 10.4 Å². The normalized spacial score (nSPS) is 11.7. The topological polar surface area (TPSA) is 84.2 Å². The molecule has 0 bridgehead atoms. The van der Waals surface area contributed by atoms with Gasteiger partial charge in [0.05, 0.1) is 5.69 Å². The number of amides is 1. The van der Waals surface area contributed by atoms with Crippen molar-refractivity contribution in [3.63, 3.8) is 0 Å². The molecule has 0 fully saturated rings. The second-order valence-electron chi connectivity index (χ2n) is 5.15. The van der Waals surface area contributed by atoms with E-state index >= 15 is 0 Å². The molecule has 24 heavy (non-hydrogen) atoms. The average molecular weight is 321 g/mol. The molecule has 0 spiro atoms. The first-order valence-electron chi connectivity index (χ1n) is 7.34. The van der Waals surface area contributed by atoms with Crippen LogP contribution < -0.4 is 5.32 Å². The number of benzene rings is 2. The second kappa shape index (κ2) is 6.78. The number of carbonyl (C=O) groups is 2. The van der Waals surface area contributed by atoms with Crippen molar-refractivity contribution in [2.75, 3.05) is 0 Å². The molecule has 6 heteroatoms. The lowest BCUT2D eigenvalue weighted by molar-refractivity contribution is -0.139. The minimum absolute atomic E-state index is 0.382. The zero-order valence-electron chi connectivity index (χ0n) is 12.7. The lowest BCUT2D eigenvalue weighted by Gasteiger charge is -2.15. The van der Waals surface area contributed by atoms with Gasteiger partial charge in [-0.2, -0.15) is 5.10 Å². The number of aliphatic carboxylic acids is 1. The summed E-state index contributed by atoms with van der Waals surface area (Å²) in [6.07, 6.45) is 3.46. The predicted octanol–water partition coefficient (Wildman–Crippen LogP) is 2.43. The van der Waals surface area contributed by atoms with Crippen LogP contribution in [0.1, 0.15) is 22.0 Å². The van der Waals surface area contributed by atoms with Crippen LogP contribution in [0.4, 0.5) is 0 Å². The van der Waals surface area contributed by atoms with E-state index in [0.717, 1.165) is 5.69 Å². The van der Waals surface area contributed by atoms with E-state index in [9.17, 15) is 14.7 Å². The number of aromatic nitrogens is 2. The van der Waals surface area contributed by atoms with Gasteiger partial charge in [-0.05, 0) is 35.9 Å². The van der Waals surface area contributed by atoms with Gasteiger partial charge in [0.1, 0.15) is 0 Å². The van der Waals surface area contributed by atoms with Crippen molar-refractivity contribution in [1.29, 1.82) is 0 Å². The first-order chi connectivity index (χ1) is 11.6. The summed E-state index contributed by atoms with van der Waals surface area (Å²) in [4.78, 5) is 23.8. The van der Waals surface area contributed by atoms with Gasteiger partial charge in [0.15, 0.2) is 6.04 Å². The van der Waals surface area contributed by atoms with Crippen LogP contribution in [0.15, 0.2) is 73.1 Å². The summed E-state index contributed by atoms with van der Waals surface area (Å²) in [5, 5.41) is 16.0. The van der Waals surface area contributed by atoms with E-state index in [4.69, 9.17) is 0 Å². The SMILES string of the molecule is O=C(N[C@@H](C(=O)O)c1ccccc1)c1ccc(-n2cccn2)cc1. The van der Waals surface area contributed by atoms with Gasteiger partial charge < -0.3 is 10.4 Å². The van der Waals surface area contributed by atoms with Crippen LogP contribution >= 0.6 is 0 Å². The third-order valence-electron chi connectivity index (χ3n) is 3.55. The number of rotatable bonds is 5. The molecule has 0 saturated heterocycles. The largest absolute Gasteiger partial charge is 0.479 e. The molecule has 1 atom stereocenters. The Morgan fingerprint density at radius 3 is 2.29 bits per heavy atom. The highest BCUT2D eigenvalue weighted by molar-refractivity contribution is 5.97. The fourth-order valence-electron chi connectivity index (χ4n) is 2.33. The molecular formula is C18H15N3O3. The van der Waals surface area contributed by atoms with Gasteiger partial charge in [-0.15, -0.1) is 0 Å². The lowest BCUT2D eigenvalue weighted by Crippen LogP contribution is -2.33. The van der Waals surface area contributed by atoms with Crippen molar-refractivity contribution in [2.45, 2.75) is 6.04 Å². The van der Waals surface area contributed by atoms with Crippen LogP contribution in [-0.4, -0.2) is 26.8 Å². The van der Waals surface area contributed by atoms with Crippen molar-refractivity contribution < 1.29 is 14.7 Å². The third-order valence-corrected chi connectivity index (χ3v) is 3.55. The Kier molecular flexibility index (Phi) is 4.38. The number of hydrogen-bond acceptors (Lipinski definition) is 3. The van der Waals surface area contributed by atoms with E-state index in [1.807, 2.05) is 0 Å². The third kappa shape index (κ3) is 3.33. The molecule has 6 nitrogen and oxygen atoms in total. The van der Waals surface area contributed by atoms with Crippen LogP contribution in [0.3, 0.4) is 0 Å². The molecular weight excluding hydrogens is 306 g/mol. The number of carboxylic acid groups (broad SMARTS) is 1. The average Bonchev–Trinajstić information content (AvgIpc) is 3.15. The summed E-state index contributed by atoms with van der Waals surface area (Å²) in [6, 6.07) is 16.1. The second-order valence-corrected chi connectivity index (χ2v) is 5.15. The molecule has 1 heterocycles. The molecule has 1 amide bonds. The number of carboxylic acids is 1. The maximum atomic E-state index is 12.3. The van der Waals surface area contributed by atoms with Gasteiger partial charge >= 0.3 is 5.97 Å². The van der Waals surface area contributed by atoms with Gasteiger partial charge in [0, 0.05) is 18.0 Å². The number of carbonyl (C=O) groups excluding carboxylic acids is 1. The molecule has 0 aliphatic carbocycles. The molecule has 0 aliphatic heterocycles. The summed E-state index contributed by atoms with van der Waals surface area (Å²) in [5.74, 6) is -1.55. The molecule has 3 rings (SSSR count). The molecule has 0 radical (unpaired) electrons. The molecule has 120 valence electrons. The Morgan fingerprint density at radius 1 is 1.00 bits per heavy atom. The number of hydrogen-bond donors (Lipinski definition) is 2. The molecule has 0 aliphatic rings. The van der Waals surface area contributed by atoms with Crippen LogP contribution in [0.25, 0.3) is 5.69 Å². The van der Waals surface area contributed by atoms with Crippen LogP contribution in [-0.2, 0) is 4.79 Å². The summed E-state index contributed by atoms with van der Waals surface area (Å²) in [7, 11) is 0. The van der Waals surface area contributed by atoms with Crippen LogP contribution in [0.5, 0.6) is 0 Å². The fraction of sp³-hybridized carbons (Fsp3) is 0.0556. The zero-order valence-corrected chi connectivity index (χ0v) is 12.7. The summed E-state index contributed by atoms with van der Waals surface area (Å²) in [6.45, 7) is 0. The molecule has 0 unspecified atom stereocenters. The van der Waals surface area contributed by atoms with Gasteiger partial charge in [0.2, 0.25) is 0 Å². The minimum Gasteiger partial charge on any atom is -0.479 e. The quantitative estimate of drug-likeness (QED) is 0.756. The van der Waals surface area contributed by atoms with Crippen molar-refractivity contribution in [3.8, 4) is 5.69 Å². The zero-order chi connectivity index (χ0) is 16.9. The van der Waals surface area contributed by atoms with E-state index < -0.39 is 17.9 Å².